The summed E-state index contributed by atoms with van der Waals surface area (Å²) in [6.45, 7) is 0.980. The topological polar surface area (TPSA) is 47.9 Å². The van der Waals surface area contributed by atoms with E-state index in [1.165, 1.54) is 0 Å². The third kappa shape index (κ3) is 3.26. The van der Waals surface area contributed by atoms with Gasteiger partial charge in [0, 0.05) is 7.11 Å². The molecule has 1 aliphatic heterocycles. The highest BCUT2D eigenvalue weighted by atomic mass is 16.7. The lowest BCUT2D eigenvalue weighted by Crippen LogP contribution is -2.46. The lowest BCUT2D eigenvalue weighted by Gasteiger charge is -2.33. The van der Waals surface area contributed by atoms with E-state index in [9.17, 15) is 5.11 Å². The summed E-state index contributed by atoms with van der Waals surface area (Å²) in [5, 5.41) is 9.93. The van der Waals surface area contributed by atoms with Crippen LogP contribution in [0.25, 0.3) is 0 Å². The molecule has 0 amide bonds. The summed E-state index contributed by atoms with van der Waals surface area (Å²) < 4.78 is 16.1. The fourth-order valence-electron chi connectivity index (χ4n) is 1.90. The van der Waals surface area contributed by atoms with Crippen LogP contribution in [0.3, 0.4) is 0 Å². The van der Waals surface area contributed by atoms with E-state index in [4.69, 9.17) is 14.2 Å². The predicted molar refractivity (Wildman–Crippen MR) is 62.4 cm³/mol. The fraction of sp³-hybridized carbons (Fsp3) is 0.538. The molecule has 2 rings (SSSR count). The number of aliphatic hydroxyl groups excluding tert-OH is 1. The second-order valence-electron chi connectivity index (χ2n) is 4.09. The van der Waals surface area contributed by atoms with E-state index in [-0.39, 0.29) is 6.10 Å². The van der Waals surface area contributed by atoms with Gasteiger partial charge in [-0.05, 0) is 12.0 Å². The number of hydrogen-bond donors (Lipinski definition) is 1. The lowest BCUT2D eigenvalue weighted by molar-refractivity contribution is -0.250. The highest BCUT2D eigenvalue weighted by molar-refractivity contribution is 5.13. The molecule has 4 heteroatoms. The Hall–Kier alpha value is -0.940. The largest absolute Gasteiger partial charge is 0.385 e. The van der Waals surface area contributed by atoms with Crippen LogP contribution in [0.4, 0.5) is 0 Å². The predicted octanol–water partition coefficient (Wildman–Crippen LogP) is 1.33. The minimum atomic E-state index is -0.725. The number of hydrogen-bond acceptors (Lipinski definition) is 4. The van der Waals surface area contributed by atoms with E-state index in [0.717, 1.165) is 5.56 Å². The van der Waals surface area contributed by atoms with E-state index in [0.29, 0.717) is 19.6 Å². The molecule has 1 aromatic carbocycles. The Morgan fingerprint density at radius 1 is 1.35 bits per heavy atom. The molecule has 0 radical (unpaired) electrons. The molecule has 0 saturated carbocycles. The van der Waals surface area contributed by atoms with Crippen molar-refractivity contribution >= 4 is 0 Å². The molecule has 1 saturated heterocycles. The molecule has 3 atom stereocenters. The van der Waals surface area contributed by atoms with Crippen LogP contribution in [0.1, 0.15) is 12.0 Å². The molecule has 0 unspecified atom stereocenters. The summed E-state index contributed by atoms with van der Waals surface area (Å²) in [5.74, 6) is 0. The van der Waals surface area contributed by atoms with Gasteiger partial charge in [-0.3, -0.25) is 0 Å². The molecular formula is C13H18O4. The van der Waals surface area contributed by atoms with Crippen molar-refractivity contribution in [3.8, 4) is 0 Å². The maximum absolute atomic E-state index is 9.93. The van der Waals surface area contributed by atoms with E-state index >= 15 is 0 Å². The van der Waals surface area contributed by atoms with Crippen LogP contribution in [0, 0.1) is 0 Å². The number of ether oxygens (including phenoxy) is 3. The molecule has 0 aliphatic carbocycles. The number of methoxy groups -OCH3 is 1. The second kappa shape index (κ2) is 6.12. The normalized spacial score (nSPS) is 29.2. The third-order valence-corrected chi connectivity index (χ3v) is 2.90. The molecule has 0 spiro atoms. The zero-order chi connectivity index (χ0) is 12.1. The molecule has 94 valence electrons. The maximum atomic E-state index is 9.93. The highest BCUT2D eigenvalue weighted by Gasteiger charge is 2.33. The number of rotatable bonds is 4. The van der Waals surface area contributed by atoms with Crippen molar-refractivity contribution in [3.05, 3.63) is 35.9 Å². The summed E-state index contributed by atoms with van der Waals surface area (Å²) in [4.78, 5) is 0. The maximum Gasteiger partial charge on any atom is 0.186 e. The lowest BCUT2D eigenvalue weighted by atomic mass is 10.1. The van der Waals surface area contributed by atoms with Crippen LogP contribution in [-0.4, -0.2) is 37.3 Å². The Labute approximate surface area is 101 Å². The van der Waals surface area contributed by atoms with Crippen molar-refractivity contribution in [1.82, 2.24) is 0 Å². The summed E-state index contributed by atoms with van der Waals surface area (Å²) in [7, 11) is 1.59. The standard InChI is InChI=1S/C13H18O4/c1-15-11-7-8-16-13(12(11)14)17-9-10-5-3-2-4-6-10/h2-6,11-14H,7-9H2,1H3/t11-,12+,13-/m0/s1. The molecule has 1 N–H and O–H groups in total. The first kappa shape index (κ1) is 12.5. The van der Waals surface area contributed by atoms with Crippen molar-refractivity contribution in [2.45, 2.75) is 31.5 Å². The molecule has 0 bridgehead atoms. The molecule has 1 aliphatic rings. The average molecular weight is 238 g/mol. The van der Waals surface area contributed by atoms with Crippen LogP contribution in [0.5, 0.6) is 0 Å². The van der Waals surface area contributed by atoms with Crippen LogP contribution in [-0.2, 0) is 20.8 Å². The van der Waals surface area contributed by atoms with Crippen molar-refractivity contribution in [3.63, 3.8) is 0 Å². The van der Waals surface area contributed by atoms with Crippen molar-refractivity contribution in [1.29, 1.82) is 0 Å². The first-order chi connectivity index (χ1) is 8.31. The van der Waals surface area contributed by atoms with Gasteiger partial charge in [-0.15, -0.1) is 0 Å². The van der Waals surface area contributed by atoms with E-state index < -0.39 is 12.4 Å². The minimum absolute atomic E-state index is 0.204. The minimum Gasteiger partial charge on any atom is -0.385 e. The quantitative estimate of drug-likeness (QED) is 0.859. The van der Waals surface area contributed by atoms with E-state index in [2.05, 4.69) is 0 Å². The van der Waals surface area contributed by atoms with Crippen LogP contribution >= 0.6 is 0 Å². The van der Waals surface area contributed by atoms with Crippen LogP contribution < -0.4 is 0 Å². The average Bonchev–Trinajstić information content (AvgIpc) is 2.39. The monoisotopic (exact) mass is 238 g/mol. The second-order valence-corrected chi connectivity index (χ2v) is 4.09. The van der Waals surface area contributed by atoms with Gasteiger partial charge in [-0.25, -0.2) is 0 Å². The Kier molecular flexibility index (Phi) is 4.50. The fourth-order valence-corrected chi connectivity index (χ4v) is 1.90. The van der Waals surface area contributed by atoms with E-state index in [1.807, 2.05) is 30.3 Å². The Morgan fingerprint density at radius 2 is 2.12 bits per heavy atom. The molecule has 1 heterocycles. The molecular weight excluding hydrogens is 220 g/mol. The van der Waals surface area contributed by atoms with Crippen molar-refractivity contribution in [2.24, 2.45) is 0 Å². The van der Waals surface area contributed by atoms with Crippen LogP contribution in [0.15, 0.2) is 30.3 Å². The van der Waals surface area contributed by atoms with Gasteiger partial charge >= 0.3 is 0 Å². The van der Waals surface area contributed by atoms with Gasteiger partial charge < -0.3 is 19.3 Å². The van der Waals surface area contributed by atoms with Gasteiger partial charge in [0.25, 0.3) is 0 Å². The Balaban J connectivity index is 1.86. The van der Waals surface area contributed by atoms with Gasteiger partial charge in [0.2, 0.25) is 0 Å². The number of benzene rings is 1. The zero-order valence-electron chi connectivity index (χ0n) is 9.91. The van der Waals surface area contributed by atoms with Gasteiger partial charge in [-0.1, -0.05) is 30.3 Å². The van der Waals surface area contributed by atoms with Crippen molar-refractivity contribution in [2.75, 3.05) is 13.7 Å². The first-order valence-electron chi connectivity index (χ1n) is 5.79. The summed E-state index contributed by atoms with van der Waals surface area (Å²) >= 11 is 0. The highest BCUT2D eigenvalue weighted by Crippen LogP contribution is 2.19. The SMILES string of the molecule is CO[C@H]1CCO[C@@H](OCc2ccccc2)[C@@H]1O. The molecule has 4 nitrogen and oxygen atoms in total. The Morgan fingerprint density at radius 3 is 2.82 bits per heavy atom. The summed E-state index contributed by atoms with van der Waals surface area (Å²) in [5.41, 5.74) is 1.06. The smallest absolute Gasteiger partial charge is 0.186 e. The molecule has 17 heavy (non-hydrogen) atoms. The van der Waals surface area contributed by atoms with Gasteiger partial charge in [0.05, 0.1) is 19.3 Å². The zero-order valence-corrected chi connectivity index (χ0v) is 9.91. The summed E-state index contributed by atoms with van der Waals surface area (Å²) in [6.07, 6.45) is -0.834. The molecule has 1 fully saturated rings. The van der Waals surface area contributed by atoms with Gasteiger partial charge in [0.15, 0.2) is 6.29 Å². The first-order valence-corrected chi connectivity index (χ1v) is 5.79. The number of aliphatic hydroxyl groups is 1. The van der Waals surface area contributed by atoms with Crippen LogP contribution in [0.2, 0.25) is 0 Å². The molecule has 1 aromatic rings. The molecule has 0 aromatic heterocycles. The Bertz CT molecular complexity index is 327. The third-order valence-electron chi connectivity index (χ3n) is 2.90. The summed E-state index contributed by atoms with van der Waals surface area (Å²) in [6, 6.07) is 9.81. The van der Waals surface area contributed by atoms with Gasteiger partial charge in [-0.2, -0.15) is 0 Å². The van der Waals surface area contributed by atoms with E-state index in [1.54, 1.807) is 7.11 Å². The van der Waals surface area contributed by atoms with Crippen molar-refractivity contribution < 1.29 is 19.3 Å². The van der Waals surface area contributed by atoms with Gasteiger partial charge in [0.1, 0.15) is 6.10 Å².